The number of rotatable bonds is 6. The van der Waals surface area contributed by atoms with E-state index < -0.39 is 0 Å². The number of nitrogens with two attached hydrogens (primary N) is 1. The lowest BCUT2D eigenvalue weighted by Gasteiger charge is -2.38. The summed E-state index contributed by atoms with van der Waals surface area (Å²) in [5.74, 6) is 6.61. The van der Waals surface area contributed by atoms with Crippen molar-refractivity contribution in [1.82, 2.24) is 15.2 Å². The van der Waals surface area contributed by atoms with Crippen LogP contribution in [0, 0.1) is 11.3 Å². The minimum absolute atomic E-state index is 0.234. The van der Waals surface area contributed by atoms with E-state index >= 15 is 0 Å². The van der Waals surface area contributed by atoms with Crippen LogP contribution in [0.3, 0.4) is 0 Å². The molecule has 1 atom stereocenters. The second-order valence-electron chi connectivity index (χ2n) is 6.40. The van der Waals surface area contributed by atoms with Crippen LogP contribution >= 0.6 is 0 Å². The smallest absolute Gasteiger partial charge is 0.0547 e. The average Bonchev–Trinajstić information content (AvgIpc) is 2.99. The van der Waals surface area contributed by atoms with E-state index in [1.165, 1.54) is 37.7 Å². The van der Waals surface area contributed by atoms with E-state index in [-0.39, 0.29) is 6.04 Å². The van der Waals surface area contributed by atoms with Gasteiger partial charge in [-0.25, -0.2) is 0 Å². The molecule has 0 spiro atoms. The zero-order chi connectivity index (χ0) is 13.9. The van der Waals surface area contributed by atoms with E-state index in [4.69, 9.17) is 5.84 Å². The Morgan fingerprint density at radius 1 is 1.42 bits per heavy atom. The molecule has 0 bridgehead atoms. The van der Waals surface area contributed by atoms with Gasteiger partial charge in [-0.15, -0.1) is 0 Å². The van der Waals surface area contributed by atoms with Gasteiger partial charge in [0.1, 0.15) is 0 Å². The van der Waals surface area contributed by atoms with E-state index in [1.807, 2.05) is 10.9 Å². The van der Waals surface area contributed by atoms with Crippen LogP contribution in [0.25, 0.3) is 0 Å². The van der Waals surface area contributed by atoms with Gasteiger partial charge in [-0.05, 0) is 37.5 Å². The number of aromatic nitrogens is 2. The Balaban J connectivity index is 2.26. The van der Waals surface area contributed by atoms with Crippen LogP contribution in [0.15, 0.2) is 12.4 Å². The molecule has 4 heteroatoms. The highest BCUT2D eigenvalue weighted by Crippen LogP contribution is 2.51. The number of hydrazine groups is 1. The normalized spacial score (nSPS) is 20.1. The van der Waals surface area contributed by atoms with Crippen molar-refractivity contribution < 1.29 is 0 Å². The van der Waals surface area contributed by atoms with Crippen LogP contribution in [0.1, 0.15) is 64.5 Å². The Bertz CT molecular complexity index is 391. The summed E-state index contributed by atoms with van der Waals surface area (Å²) in [6, 6.07) is 0.234. The van der Waals surface area contributed by atoms with Crippen LogP contribution in [0.2, 0.25) is 0 Å². The quantitative estimate of drug-likeness (QED) is 0.613. The van der Waals surface area contributed by atoms with E-state index in [2.05, 4.69) is 37.5 Å². The van der Waals surface area contributed by atoms with Crippen LogP contribution in [0.5, 0.6) is 0 Å². The predicted molar refractivity (Wildman–Crippen MR) is 78.3 cm³/mol. The average molecular weight is 264 g/mol. The molecule has 1 unspecified atom stereocenters. The van der Waals surface area contributed by atoms with Gasteiger partial charge in [-0.2, -0.15) is 5.10 Å². The van der Waals surface area contributed by atoms with Crippen molar-refractivity contribution in [1.29, 1.82) is 0 Å². The molecule has 1 aliphatic carbocycles. The summed E-state index contributed by atoms with van der Waals surface area (Å²) in [6.45, 7) is 7.64. The highest BCUT2D eigenvalue weighted by atomic mass is 15.3. The van der Waals surface area contributed by atoms with Gasteiger partial charge in [-0.1, -0.05) is 26.7 Å². The van der Waals surface area contributed by atoms with Crippen LogP contribution < -0.4 is 11.3 Å². The number of hydrogen-bond donors (Lipinski definition) is 2. The predicted octanol–water partition coefficient (Wildman–Crippen LogP) is 3.01. The van der Waals surface area contributed by atoms with Gasteiger partial charge in [-0.3, -0.25) is 16.0 Å². The molecule has 108 valence electrons. The Morgan fingerprint density at radius 2 is 2.11 bits per heavy atom. The number of nitrogens with zero attached hydrogens (tertiary/aromatic N) is 2. The lowest BCUT2D eigenvalue weighted by atomic mass is 9.71. The summed E-state index contributed by atoms with van der Waals surface area (Å²) in [5.41, 5.74) is 4.64. The highest BCUT2D eigenvalue weighted by Gasteiger charge is 2.42. The standard InChI is InChI=1S/C15H28N4/c1-4-19-11-13(10-17-19)14(18-16)15(9-12(2)3)7-5-6-8-15/h10-12,14,18H,4-9,16H2,1-3H3. The monoisotopic (exact) mass is 264 g/mol. The van der Waals surface area contributed by atoms with Crippen molar-refractivity contribution in [2.75, 3.05) is 0 Å². The molecular formula is C15H28N4. The molecular weight excluding hydrogens is 236 g/mol. The first kappa shape index (κ1) is 14.5. The molecule has 1 saturated carbocycles. The summed E-state index contributed by atoms with van der Waals surface area (Å²) in [7, 11) is 0. The molecule has 1 aliphatic rings. The van der Waals surface area contributed by atoms with E-state index in [0.717, 1.165) is 6.54 Å². The largest absolute Gasteiger partial charge is 0.273 e. The van der Waals surface area contributed by atoms with Gasteiger partial charge >= 0.3 is 0 Å². The van der Waals surface area contributed by atoms with Crippen molar-refractivity contribution in [3.8, 4) is 0 Å². The van der Waals surface area contributed by atoms with Crippen molar-refractivity contribution in [3.63, 3.8) is 0 Å². The number of nitrogens with one attached hydrogen (secondary N) is 1. The van der Waals surface area contributed by atoms with E-state index in [0.29, 0.717) is 11.3 Å². The van der Waals surface area contributed by atoms with Crippen molar-refractivity contribution in [3.05, 3.63) is 18.0 Å². The molecule has 1 aromatic rings. The fourth-order valence-corrected chi connectivity index (χ4v) is 3.83. The molecule has 1 aromatic heterocycles. The molecule has 0 saturated heterocycles. The Kier molecular flexibility index (Phi) is 4.63. The maximum absolute atomic E-state index is 5.91. The summed E-state index contributed by atoms with van der Waals surface area (Å²) in [4.78, 5) is 0. The third-order valence-electron chi connectivity index (χ3n) is 4.50. The Morgan fingerprint density at radius 3 is 2.58 bits per heavy atom. The summed E-state index contributed by atoms with van der Waals surface area (Å²) < 4.78 is 1.98. The molecule has 0 radical (unpaired) electrons. The van der Waals surface area contributed by atoms with Gasteiger partial charge in [0, 0.05) is 18.3 Å². The van der Waals surface area contributed by atoms with Crippen LogP contribution in [-0.2, 0) is 6.54 Å². The van der Waals surface area contributed by atoms with Gasteiger partial charge in [0.2, 0.25) is 0 Å². The fraction of sp³-hybridized carbons (Fsp3) is 0.800. The first-order chi connectivity index (χ1) is 9.11. The maximum atomic E-state index is 5.91. The topological polar surface area (TPSA) is 55.9 Å². The summed E-state index contributed by atoms with van der Waals surface area (Å²) in [5, 5.41) is 4.41. The number of aryl methyl sites for hydroxylation is 1. The van der Waals surface area contributed by atoms with Crippen molar-refractivity contribution in [2.45, 2.75) is 65.5 Å². The fourth-order valence-electron chi connectivity index (χ4n) is 3.83. The van der Waals surface area contributed by atoms with Gasteiger partial charge in [0.25, 0.3) is 0 Å². The van der Waals surface area contributed by atoms with Gasteiger partial charge < -0.3 is 0 Å². The third kappa shape index (κ3) is 3.00. The van der Waals surface area contributed by atoms with Crippen molar-refractivity contribution in [2.24, 2.45) is 17.2 Å². The van der Waals surface area contributed by atoms with Gasteiger partial charge in [0.15, 0.2) is 0 Å². The SMILES string of the molecule is CCn1cc(C(NN)C2(CC(C)C)CCCC2)cn1. The first-order valence-corrected chi connectivity index (χ1v) is 7.60. The first-order valence-electron chi connectivity index (χ1n) is 7.60. The second-order valence-corrected chi connectivity index (χ2v) is 6.40. The molecule has 19 heavy (non-hydrogen) atoms. The highest BCUT2D eigenvalue weighted by molar-refractivity contribution is 5.16. The van der Waals surface area contributed by atoms with E-state index in [9.17, 15) is 0 Å². The molecule has 0 amide bonds. The molecule has 3 N–H and O–H groups in total. The molecule has 0 aromatic carbocycles. The van der Waals surface area contributed by atoms with Crippen LogP contribution in [0.4, 0.5) is 0 Å². The van der Waals surface area contributed by atoms with Crippen molar-refractivity contribution >= 4 is 0 Å². The van der Waals surface area contributed by atoms with Crippen LogP contribution in [-0.4, -0.2) is 9.78 Å². The summed E-state index contributed by atoms with van der Waals surface area (Å²) in [6.07, 6.45) is 10.6. The zero-order valence-corrected chi connectivity index (χ0v) is 12.5. The third-order valence-corrected chi connectivity index (χ3v) is 4.50. The van der Waals surface area contributed by atoms with E-state index in [1.54, 1.807) is 0 Å². The second kappa shape index (κ2) is 6.06. The lowest BCUT2D eigenvalue weighted by molar-refractivity contribution is 0.156. The Hall–Kier alpha value is -0.870. The summed E-state index contributed by atoms with van der Waals surface area (Å²) >= 11 is 0. The molecule has 1 heterocycles. The maximum Gasteiger partial charge on any atom is 0.0547 e. The Labute approximate surface area is 116 Å². The lowest BCUT2D eigenvalue weighted by Crippen LogP contribution is -2.41. The minimum Gasteiger partial charge on any atom is -0.273 e. The molecule has 0 aliphatic heterocycles. The molecule has 4 nitrogen and oxygen atoms in total. The molecule has 1 fully saturated rings. The molecule has 2 rings (SSSR count). The van der Waals surface area contributed by atoms with Gasteiger partial charge in [0.05, 0.1) is 12.2 Å². The zero-order valence-electron chi connectivity index (χ0n) is 12.5. The number of hydrogen-bond acceptors (Lipinski definition) is 3. The minimum atomic E-state index is 0.234.